The summed E-state index contributed by atoms with van der Waals surface area (Å²) >= 11 is 0. The van der Waals surface area contributed by atoms with Gasteiger partial charge in [-0.1, -0.05) is 86.0 Å². The molecule has 2 N–H and O–H groups in total. The number of hydrogen-bond acceptors (Lipinski definition) is 7. The summed E-state index contributed by atoms with van der Waals surface area (Å²) in [6.07, 6.45) is 13.5. The van der Waals surface area contributed by atoms with Crippen LogP contribution >= 0.6 is 0 Å². The van der Waals surface area contributed by atoms with Gasteiger partial charge in [0.1, 0.15) is 23.6 Å². The molecule has 4 amide bonds. The molecule has 1 atom stereocenters. The van der Waals surface area contributed by atoms with Crippen molar-refractivity contribution in [2.75, 3.05) is 19.6 Å². The Labute approximate surface area is 342 Å². The third-order valence-corrected chi connectivity index (χ3v) is 11.9. The van der Waals surface area contributed by atoms with Gasteiger partial charge in [0.05, 0.1) is 13.1 Å². The third kappa shape index (κ3) is 10.7. The average Bonchev–Trinajstić information content (AvgIpc) is 3.78. The number of phenolic OH excluding ortho intramolecular Hbond substituents is 1. The predicted molar refractivity (Wildman–Crippen MR) is 223 cm³/mol. The fraction of sp³-hybridized carbons (Fsp3) is 0.417. The number of aromatic hydroxyl groups is 1. The fourth-order valence-corrected chi connectivity index (χ4v) is 8.83. The van der Waals surface area contributed by atoms with Gasteiger partial charge in [0.2, 0.25) is 18.2 Å². The molecule has 0 bridgehead atoms. The number of nitrogens with one attached hydrogen (secondary N) is 1. The summed E-state index contributed by atoms with van der Waals surface area (Å²) in [5.74, 6) is 1.44. The van der Waals surface area contributed by atoms with Crippen LogP contribution in [-0.4, -0.2) is 75.7 Å². The molecular formula is C48H56N4O6. The lowest BCUT2D eigenvalue weighted by Crippen LogP contribution is -2.52. The van der Waals surface area contributed by atoms with Crippen molar-refractivity contribution in [1.82, 2.24) is 20.0 Å². The van der Waals surface area contributed by atoms with Crippen molar-refractivity contribution < 1.29 is 29.0 Å². The molecule has 4 aliphatic heterocycles. The molecule has 58 heavy (non-hydrogen) atoms. The molecule has 4 heterocycles. The summed E-state index contributed by atoms with van der Waals surface area (Å²) in [7, 11) is 0. The Morgan fingerprint density at radius 2 is 1.33 bits per heavy atom. The molecule has 304 valence electrons. The first-order chi connectivity index (χ1) is 28.3. The molecule has 3 fully saturated rings. The second-order valence-electron chi connectivity index (χ2n) is 16.3. The van der Waals surface area contributed by atoms with E-state index in [0.717, 1.165) is 55.3 Å². The zero-order valence-corrected chi connectivity index (χ0v) is 33.4. The first-order valence-corrected chi connectivity index (χ1v) is 21.1. The van der Waals surface area contributed by atoms with E-state index in [4.69, 9.17) is 4.74 Å². The highest BCUT2D eigenvalue weighted by Gasteiger charge is 2.40. The van der Waals surface area contributed by atoms with Crippen LogP contribution in [0.2, 0.25) is 0 Å². The largest absolute Gasteiger partial charge is 0.508 e. The number of fused-ring (bicyclic) bond motifs is 3. The lowest BCUT2D eigenvalue weighted by atomic mass is 9.89. The van der Waals surface area contributed by atoms with Gasteiger partial charge in [-0.05, 0) is 109 Å². The minimum atomic E-state index is -0.532. The first kappa shape index (κ1) is 40.7. The molecule has 6 aliphatic rings. The summed E-state index contributed by atoms with van der Waals surface area (Å²) in [6, 6.07) is 31.1. The number of phenols is 1. The maximum Gasteiger partial charge on any atom is 0.255 e. The minimum absolute atomic E-state index is 0.0713. The van der Waals surface area contributed by atoms with Crippen LogP contribution in [-0.2, 0) is 46.9 Å². The van der Waals surface area contributed by atoms with Gasteiger partial charge in [-0.3, -0.25) is 29.4 Å². The summed E-state index contributed by atoms with van der Waals surface area (Å²) in [5.41, 5.74) is 7.11. The van der Waals surface area contributed by atoms with Gasteiger partial charge in [-0.2, -0.15) is 0 Å². The molecule has 10 nitrogen and oxygen atoms in total. The topological polar surface area (TPSA) is 119 Å². The number of piperidine rings is 1. The number of imide groups is 1. The van der Waals surface area contributed by atoms with Crippen molar-refractivity contribution in [2.45, 2.75) is 102 Å². The number of nitrogens with zero attached hydrogens (tertiary/aromatic N) is 3. The number of likely N-dealkylation sites (tertiary alicyclic amines) is 1. The quantitative estimate of drug-likeness (QED) is 0.157. The van der Waals surface area contributed by atoms with Gasteiger partial charge in [-0.25, -0.2) is 0 Å². The van der Waals surface area contributed by atoms with E-state index in [2.05, 4.69) is 22.3 Å². The van der Waals surface area contributed by atoms with Crippen LogP contribution in [0.4, 0.5) is 0 Å². The Hall–Kier alpha value is -5.48. The van der Waals surface area contributed by atoms with Crippen LogP contribution in [0.15, 0.2) is 97.1 Å². The number of aryl methyl sites for hydroxylation is 2. The number of rotatable bonds is 6. The molecular weight excluding hydrogens is 729 g/mol. The summed E-state index contributed by atoms with van der Waals surface area (Å²) in [5, 5.41) is 11.6. The maximum absolute atomic E-state index is 13.0. The highest BCUT2D eigenvalue weighted by Crippen LogP contribution is 2.35. The number of amides is 4. The van der Waals surface area contributed by atoms with Gasteiger partial charge in [0, 0.05) is 38.2 Å². The molecule has 2 saturated heterocycles. The van der Waals surface area contributed by atoms with E-state index in [1.807, 2.05) is 78.9 Å². The average molecular weight is 785 g/mol. The second-order valence-corrected chi connectivity index (χ2v) is 16.3. The van der Waals surface area contributed by atoms with Crippen molar-refractivity contribution in [3.63, 3.8) is 0 Å². The highest BCUT2D eigenvalue weighted by atomic mass is 16.5. The Bertz CT molecular complexity index is 1980. The zero-order valence-electron chi connectivity index (χ0n) is 33.4. The molecule has 1 saturated carbocycles. The van der Waals surface area contributed by atoms with Crippen LogP contribution in [0, 0.1) is 5.92 Å². The van der Waals surface area contributed by atoms with E-state index in [1.165, 1.54) is 73.6 Å². The number of carbonyl (C=O) groups is 4. The van der Waals surface area contributed by atoms with Crippen molar-refractivity contribution >= 4 is 24.1 Å². The number of benzene rings is 4. The lowest BCUT2D eigenvalue weighted by molar-refractivity contribution is -0.137. The Kier molecular flexibility index (Phi) is 13.9. The summed E-state index contributed by atoms with van der Waals surface area (Å²) in [4.78, 5) is 52.7. The fourth-order valence-electron chi connectivity index (χ4n) is 8.83. The van der Waals surface area contributed by atoms with Gasteiger partial charge in [0.25, 0.3) is 5.91 Å². The van der Waals surface area contributed by atoms with E-state index >= 15 is 0 Å². The van der Waals surface area contributed by atoms with E-state index in [-0.39, 0.29) is 23.8 Å². The molecule has 1 unspecified atom stereocenters. The summed E-state index contributed by atoms with van der Waals surface area (Å²) < 4.78 is 5.58. The number of para-hydroxylation sites is 1. The van der Waals surface area contributed by atoms with Gasteiger partial charge >= 0.3 is 0 Å². The number of hydrogen-bond donors (Lipinski definition) is 2. The maximum atomic E-state index is 13.0. The monoisotopic (exact) mass is 784 g/mol. The van der Waals surface area contributed by atoms with Gasteiger partial charge in [0.15, 0.2) is 0 Å². The lowest BCUT2D eigenvalue weighted by Gasteiger charge is -2.36. The molecule has 2 aliphatic carbocycles. The molecule has 4 aromatic rings. The minimum Gasteiger partial charge on any atom is -0.508 e. The second kappa shape index (κ2) is 19.8. The third-order valence-electron chi connectivity index (χ3n) is 11.9. The van der Waals surface area contributed by atoms with Crippen molar-refractivity contribution in [3.8, 4) is 11.5 Å². The van der Waals surface area contributed by atoms with Crippen molar-refractivity contribution in [2.24, 2.45) is 5.92 Å². The smallest absolute Gasteiger partial charge is 0.255 e. The molecule has 0 radical (unpaired) electrons. The summed E-state index contributed by atoms with van der Waals surface area (Å²) in [6.45, 7) is 4.93. The van der Waals surface area contributed by atoms with Crippen molar-refractivity contribution in [3.05, 3.63) is 130 Å². The molecule has 0 aromatic heterocycles. The van der Waals surface area contributed by atoms with Gasteiger partial charge in [-0.15, -0.1) is 0 Å². The predicted octanol–water partition coefficient (Wildman–Crippen LogP) is 7.21. The van der Waals surface area contributed by atoms with Crippen LogP contribution in [0.5, 0.6) is 11.5 Å². The van der Waals surface area contributed by atoms with Crippen LogP contribution in [0.25, 0.3) is 0 Å². The van der Waals surface area contributed by atoms with E-state index in [0.29, 0.717) is 38.2 Å². The van der Waals surface area contributed by atoms with E-state index in [1.54, 1.807) is 15.9 Å². The molecule has 4 aromatic carbocycles. The number of carbonyl (C=O) groups excluding carboxylic acids is 4. The van der Waals surface area contributed by atoms with E-state index in [9.17, 15) is 24.3 Å². The van der Waals surface area contributed by atoms with Crippen LogP contribution in [0.1, 0.15) is 96.0 Å². The van der Waals surface area contributed by atoms with E-state index < -0.39 is 6.04 Å². The Balaban J connectivity index is 0.000000140. The highest BCUT2D eigenvalue weighted by molar-refractivity contribution is 6.05. The first-order valence-electron chi connectivity index (χ1n) is 21.1. The standard InChI is InChI=1S/C22H27N3O3.C10H11NO2.C10H12O.C6H6/c26-20-7-6-19(21(27)23-20)25-13-17-8-15-11-24(10-14-4-2-1-3-5-14)12-16(15)9-18(17)22(25)28;12-8-11-6-10(7-11)13-9-4-2-1-3-5-9;11-10-6-5-8-3-1-2-4-9(8)7-10;1-2-4-6-5-3-1/h8-9,14,19H,1-7,10-13H2,(H,23,26,27);1-5,8,10H,6-7H2;5-7,11H,1-4H2;1-6H. The number of ether oxygens (including phenoxy) is 1. The SMILES string of the molecule is O=C1CCC(N2Cc3cc4c(cc3C2=O)CN(CC2CCCCC2)C4)C(=O)N1.O=CN1CC(Oc2ccccc2)C1.Oc1ccc2c(c1)CCCC2.c1ccccc1. The van der Waals surface area contributed by atoms with Crippen LogP contribution < -0.4 is 10.1 Å². The molecule has 10 heteroatoms. The molecule has 0 spiro atoms. The normalized spacial score (nSPS) is 20.0. The van der Waals surface area contributed by atoms with Crippen LogP contribution in [0.3, 0.4) is 0 Å². The Morgan fingerprint density at radius 3 is 2.00 bits per heavy atom. The zero-order chi connectivity index (χ0) is 40.3. The van der Waals surface area contributed by atoms with Gasteiger partial charge < -0.3 is 19.6 Å². The Morgan fingerprint density at radius 1 is 0.672 bits per heavy atom. The van der Waals surface area contributed by atoms with Crippen molar-refractivity contribution in [1.29, 1.82) is 0 Å². The molecule has 10 rings (SSSR count).